The van der Waals surface area contributed by atoms with Gasteiger partial charge < -0.3 is 19.3 Å². The second-order valence-corrected chi connectivity index (χ2v) is 13.8. The van der Waals surface area contributed by atoms with Crippen LogP contribution in [0.1, 0.15) is 47.7 Å². The third-order valence-corrected chi connectivity index (χ3v) is 10.4. The Morgan fingerprint density at radius 3 is 2.45 bits per heavy atom. The summed E-state index contributed by atoms with van der Waals surface area (Å²) in [5, 5.41) is 20.7. The molecule has 0 unspecified atom stereocenters. The lowest BCUT2D eigenvalue weighted by Gasteiger charge is -2.24. The van der Waals surface area contributed by atoms with Gasteiger partial charge in [0, 0.05) is 17.7 Å². The summed E-state index contributed by atoms with van der Waals surface area (Å²) < 4.78 is 18.6. The summed E-state index contributed by atoms with van der Waals surface area (Å²) in [6.45, 7) is 4.53. The Labute approximate surface area is 292 Å². The number of aliphatic hydroxyl groups is 1. The van der Waals surface area contributed by atoms with Gasteiger partial charge in [0.05, 0.1) is 18.2 Å². The van der Waals surface area contributed by atoms with E-state index in [4.69, 9.17) is 14.2 Å². The molecule has 0 radical (unpaired) electrons. The van der Waals surface area contributed by atoms with Gasteiger partial charge >= 0.3 is 5.91 Å². The fraction of sp³-hybridized carbons (Fsp3) is 0.211. The summed E-state index contributed by atoms with van der Waals surface area (Å²) in [7, 11) is 0. The lowest BCUT2D eigenvalue weighted by Crippen LogP contribution is -2.29. The van der Waals surface area contributed by atoms with Gasteiger partial charge in [-0.15, -0.1) is 10.2 Å². The predicted molar refractivity (Wildman–Crippen MR) is 189 cm³/mol. The summed E-state index contributed by atoms with van der Waals surface area (Å²) in [5.74, 6) is 0.463. The molecule has 4 aromatic carbocycles. The van der Waals surface area contributed by atoms with Crippen molar-refractivity contribution in [2.45, 2.75) is 49.1 Å². The Morgan fingerprint density at radius 1 is 0.939 bits per heavy atom. The molecule has 7 rings (SSSR count). The molecule has 0 bridgehead atoms. The topological polar surface area (TPSA) is 111 Å². The van der Waals surface area contributed by atoms with Crippen LogP contribution in [0.3, 0.4) is 0 Å². The Bertz CT molecular complexity index is 2030. The Morgan fingerprint density at radius 2 is 1.69 bits per heavy atom. The zero-order valence-electron chi connectivity index (χ0n) is 26.9. The number of amides is 1. The number of aromatic nitrogens is 2. The van der Waals surface area contributed by atoms with Gasteiger partial charge in [-0.05, 0) is 66.4 Å². The summed E-state index contributed by atoms with van der Waals surface area (Å²) in [5.41, 5.74) is 3.95. The third-order valence-electron chi connectivity index (χ3n) is 8.24. The second-order valence-electron chi connectivity index (χ2n) is 11.7. The highest BCUT2D eigenvalue weighted by Gasteiger charge is 2.48. The number of nitrogens with zero attached hydrogens (tertiary/aromatic N) is 3. The molecule has 1 aromatic heterocycles. The van der Waals surface area contributed by atoms with Gasteiger partial charge in [0.25, 0.3) is 5.78 Å². The number of Topliss-reactive ketones (excluding diaryl/α,β-unsaturated/α-hetero) is 1. The largest absolute Gasteiger partial charge is 0.507 e. The van der Waals surface area contributed by atoms with Crippen molar-refractivity contribution in [3.8, 4) is 17.2 Å². The molecule has 3 heterocycles. The number of benzene rings is 4. The van der Waals surface area contributed by atoms with Crippen LogP contribution in [0.5, 0.6) is 17.2 Å². The van der Waals surface area contributed by atoms with Crippen molar-refractivity contribution in [3.63, 3.8) is 0 Å². The van der Waals surface area contributed by atoms with Crippen LogP contribution < -0.4 is 19.1 Å². The monoisotopic (exact) mass is 691 g/mol. The van der Waals surface area contributed by atoms with Crippen LogP contribution >= 0.6 is 23.1 Å². The molecule has 49 heavy (non-hydrogen) atoms. The molecular formula is C38H33N3O6S2. The number of hydrogen-bond donors (Lipinski definition) is 1. The van der Waals surface area contributed by atoms with Crippen molar-refractivity contribution < 1.29 is 28.9 Å². The Hall–Kier alpha value is -5.13. The molecule has 2 aliphatic rings. The molecule has 1 saturated heterocycles. The fourth-order valence-electron chi connectivity index (χ4n) is 5.97. The molecule has 11 heteroatoms. The number of carbonyl (C=O) groups excluding carboxylic acids is 2. The van der Waals surface area contributed by atoms with Crippen LogP contribution in [0.25, 0.3) is 5.76 Å². The minimum atomic E-state index is -1.01. The minimum absolute atomic E-state index is 0.00365. The number of ether oxygens (including phenoxy) is 3. The lowest BCUT2D eigenvalue weighted by molar-refractivity contribution is -0.132. The number of rotatable bonds is 11. The Balaban J connectivity index is 1.28. The molecule has 0 spiro atoms. The number of anilines is 1. The second kappa shape index (κ2) is 14.2. The molecule has 1 N–H and O–H groups in total. The maximum Gasteiger partial charge on any atom is 0.301 e. The van der Waals surface area contributed by atoms with Gasteiger partial charge in [0.2, 0.25) is 5.13 Å². The van der Waals surface area contributed by atoms with Gasteiger partial charge in [0.1, 0.15) is 24.2 Å². The number of carbonyl (C=O) groups is 2. The molecule has 248 valence electrons. The lowest BCUT2D eigenvalue weighted by atomic mass is 9.94. The van der Waals surface area contributed by atoms with Crippen molar-refractivity contribution in [3.05, 3.63) is 130 Å². The highest BCUT2D eigenvalue weighted by atomic mass is 32.2. The SMILES string of the molecule is CCOc1cc([C@@H]2/C(=C(\O)c3ccc4c(c3)C[C@@H](C)O4)C(=O)C(=O)N2c2nnc(SCc3ccccc3)s2)ccc1OCc1ccccc1. The number of hydrogen-bond acceptors (Lipinski definition) is 10. The average molecular weight is 692 g/mol. The highest BCUT2D eigenvalue weighted by molar-refractivity contribution is 8.00. The van der Waals surface area contributed by atoms with E-state index in [2.05, 4.69) is 10.2 Å². The van der Waals surface area contributed by atoms with Crippen LogP contribution in [-0.2, 0) is 28.4 Å². The van der Waals surface area contributed by atoms with Crippen LogP contribution in [0.15, 0.2) is 107 Å². The third kappa shape index (κ3) is 6.77. The van der Waals surface area contributed by atoms with E-state index in [1.807, 2.05) is 80.6 Å². The molecular weight excluding hydrogens is 659 g/mol. The summed E-state index contributed by atoms with van der Waals surface area (Å²) >= 11 is 2.71. The minimum Gasteiger partial charge on any atom is -0.507 e. The number of ketones is 1. The molecule has 5 aromatic rings. The zero-order valence-corrected chi connectivity index (χ0v) is 28.5. The highest BCUT2D eigenvalue weighted by Crippen LogP contribution is 2.46. The van der Waals surface area contributed by atoms with Gasteiger partial charge in [-0.2, -0.15) is 0 Å². The van der Waals surface area contributed by atoms with Crippen molar-refractivity contribution in [1.82, 2.24) is 10.2 Å². The van der Waals surface area contributed by atoms with Crippen LogP contribution in [0.2, 0.25) is 0 Å². The van der Waals surface area contributed by atoms with E-state index in [1.165, 1.54) is 28.0 Å². The molecule has 1 fully saturated rings. The van der Waals surface area contributed by atoms with Crippen LogP contribution in [0.4, 0.5) is 5.13 Å². The van der Waals surface area contributed by atoms with E-state index in [0.29, 0.717) is 52.4 Å². The normalized spacial score (nSPS) is 18.0. The van der Waals surface area contributed by atoms with Gasteiger partial charge in [-0.3, -0.25) is 14.5 Å². The molecule has 9 nitrogen and oxygen atoms in total. The van der Waals surface area contributed by atoms with Crippen LogP contribution in [-0.4, -0.2) is 39.7 Å². The molecule has 2 atom stereocenters. The van der Waals surface area contributed by atoms with Gasteiger partial charge in [-0.1, -0.05) is 89.8 Å². The number of fused-ring (bicyclic) bond motifs is 1. The van der Waals surface area contributed by atoms with Crippen molar-refractivity contribution in [2.24, 2.45) is 0 Å². The van der Waals surface area contributed by atoms with E-state index in [1.54, 1.807) is 30.3 Å². The van der Waals surface area contributed by atoms with E-state index in [9.17, 15) is 14.7 Å². The van der Waals surface area contributed by atoms with E-state index < -0.39 is 17.7 Å². The van der Waals surface area contributed by atoms with Crippen LogP contribution in [0, 0.1) is 0 Å². The smallest absolute Gasteiger partial charge is 0.301 e. The summed E-state index contributed by atoms with van der Waals surface area (Å²) in [4.78, 5) is 29.1. The Kier molecular flexibility index (Phi) is 9.36. The van der Waals surface area contributed by atoms with Gasteiger partial charge in [-0.25, -0.2) is 0 Å². The first-order valence-corrected chi connectivity index (χ1v) is 17.7. The van der Waals surface area contributed by atoms with E-state index in [-0.39, 0.29) is 22.6 Å². The molecule has 2 aliphatic heterocycles. The first kappa shape index (κ1) is 32.4. The standard InChI is InChI=1S/C38H33N3O6S2/c1-3-45-31-20-26(14-17-30(31)46-21-24-10-6-4-7-11-24)33-32(34(42)27-15-16-29-28(19-27)18-23(2)47-29)35(43)36(44)41(33)37-39-40-38(49-37)48-22-25-12-8-5-9-13-25/h4-17,19-20,23,33,42H,3,18,21-22H2,1-2H3/b34-32+/t23-,33-/m1/s1. The van der Waals surface area contributed by atoms with Crippen molar-refractivity contribution in [2.75, 3.05) is 11.5 Å². The molecule has 0 aliphatic carbocycles. The van der Waals surface area contributed by atoms with E-state index in [0.717, 1.165) is 22.4 Å². The summed E-state index contributed by atoms with van der Waals surface area (Å²) in [6.07, 6.45) is 0.675. The first-order chi connectivity index (χ1) is 23.9. The predicted octanol–water partition coefficient (Wildman–Crippen LogP) is 7.76. The number of aliphatic hydroxyl groups excluding tert-OH is 1. The maximum absolute atomic E-state index is 13.9. The quantitative estimate of drug-likeness (QED) is 0.0489. The van der Waals surface area contributed by atoms with Crippen molar-refractivity contribution in [1.29, 1.82) is 0 Å². The fourth-order valence-corrected chi connectivity index (χ4v) is 7.79. The molecule has 1 amide bonds. The average Bonchev–Trinajstić information content (AvgIpc) is 3.82. The van der Waals surface area contributed by atoms with E-state index >= 15 is 0 Å². The maximum atomic E-state index is 13.9. The summed E-state index contributed by atoms with van der Waals surface area (Å²) in [6, 6.07) is 29.4. The number of thioether (sulfide) groups is 1. The first-order valence-electron chi connectivity index (χ1n) is 15.9. The van der Waals surface area contributed by atoms with Crippen molar-refractivity contribution >= 4 is 45.7 Å². The zero-order chi connectivity index (χ0) is 33.9. The van der Waals surface area contributed by atoms with Gasteiger partial charge in [0.15, 0.2) is 15.8 Å². The molecule has 0 saturated carbocycles.